The van der Waals surface area contributed by atoms with Crippen LogP contribution in [0.1, 0.15) is 18.4 Å². The molecule has 0 spiro atoms. The van der Waals surface area contributed by atoms with Gasteiger partial charge in [0, 0.05) is 25.7 Å². The Balaban J connectivity index is 1.58. The summed E-state index contributed by atoms with van der Waals surface area (Å²) >= 11 is 6.43. The maximum atomic E-state index is 13.1. The number of nitriles is 1. The Kier molecular flexibility index (Phi) is 4.22. The monoisotopic (exact) mass is 356 g/mol. The van der Waals surface area contributed by atoms with Gasteiger partial charge in [0.25, 0.3) is 0 Å². The second-order valence-electron chi connectivity index (χ2n) is 6.66. The van der Waals surface area contributed by atoms with Gasteiger partial charge in [0.05, 0.1) is 28.5 Å². The van der Waals surface area contributed by atoms with Gasteiger partial charge in [-0.05, 0) is 49.1 Å². The van der Waals surface area contributed by atoms with Crippen molar-refractivity contribution in [2.75, 3.05) is 29.4 Å². The molecule has 0 saturated carbocycles. The number of pyridine rings is 1. The number of rotatable bonds is 2. The van der Waals surface area contributed by atoms with Gasteiger partial charge < -0.3 is 9.80 Å². The lowest BCUT2D eigenvalue weighted by Gasteiger charge is -2.40. The minimum Gasteiger partial charge on any atom is -0.365 e. The Bertz CT molecular complexity index is 817. The van der Waals surface area contributed by atoms with Crippen molar-refractivity contribution in [1.29, 1.82) is 5.26 Å². The number of piperidine rings is 1. The van der Waals surface area contributed by atoms with Crippen LogP contribution in [0.3, 0.4) is 0 Å². The van der Waals surface area contributed by atoms with Crippen LogP contribution >= 0.6 is 11.6 Å². The molecule has 0 aliphatic carbocycles. The predicted octanol–water partition coefficient (Wildman–Crippen LogP) is 3.85. The van der Waals surface area contributed by atoms with E-state index in [1.807, 2.05) is 12.1 Å². The Morgan fingerprint density at radius 3 is 2.76 bits per heavy atom. The molecule has 1 aromatic carbocycles. The third kappa shape index (κ3) is 3.03. The molecule has 4 nitrogen and oxygen atoms in total. The Hall–Kier alpha value is -2.32. The first-order chi connectivity index (χ1) is 12.2. The molecule has 2 atom stereocenters. The van der Waals surface area contributed by atoms with Gasteiger partial charge in [0.15, 0.2) is 0 Å². The number of hydrogen-bond donors (Lipinski definition) is 0. The summed E-state index contributed by atoms with van der Waals surface area (Å²) in [6.07, 6.45) is 3.51. The van der Waals surface area contributed by atoms with Crippen LogP contribution in [0.5, 0.6) is 0 Å². The summed E-state index contributed by atoms with van der Waals surface area (Å²) in [7, 11) is 0. The maximum absolute atomic E-state index is 13.1. The lowest BCUT2D eigenvalue weighted by atomic mass is 9.92. The molecule has 2 saturated heterocycles. The van der Waals surface area contributed by atoms with E-state index >= 15 is 0 Å². The van der Waals surface area contributed by atoms with Gasteiger partial charge in [-0.3, -0.25) is 0 Å². The average molecular weight is 357 g/mol. The quantitative estimate of drug-likeness (QED) is 0.819. The van der Waals surface area contributed by atoms with Gasteiger partial charge in [-0.2, -0.15) is 5.26 Å². The summed E-state index contributed by atoms with van der Waals surface area (Å²) in [4.78, 5) is 8.79. The van der Waals surface area contributed by atoms with E-state index in [-0.39, 0.29) is 5.82 Å². The molecule has 6 heteroatoms. The molecule has 0 amide bonds. The van der Waals surface area contributed by atoms with Crippen molar-refractivity contribution in [1.82, 2.24) is 4.98 Å². The predicted molar refractivity (Wildman–Crippen MR) is 96.4 cm³/mol. The molecule has 1 aromatic heterocycles. The van der Waals surface area contributed by atoms with Crippen LogP contribution in [0.25, 0.3) is 0 Å². The zero-order valence-corrected chi connectivity index (χ0v) is 14.5. The largest absolute Gasteiger partial charge is 0.365 e. The van der Waals surface area contributed by atoms with Crippen molar-refractivity contribution in [3.05, 3.63) is 52.9 Å². The van der Waals surface area contributed by atoms with Crippen LogP contribution in [-0.2, 0) is 0 Å². The SMILES string of the molecule is N#Cc1ccc(N2CCC3CCN(c4ccc(F)cn4)CC32)c(Cl)c1. The van der Waals surface area contributed by atoms with E-state index in [1.165, 1.54) is 12.3 Å². The molecule has 0 radical (unpaired) electrons. The van der Waals surface area contributed by atoms with E-state index in [0.29, 0.717) is 22.5 Å². The zero-order chi connectivity index (χ0) is 17.4. The minimum atomic E-state index is -0.314. The number of fused-ring (bicyclic) bond motifs is 1. The second-order valence-corrected chi connectivity index (χ2v) is 7.06. The third-order valence-electron chi connectivity index (χ3n) is 5.28. The van der Waals surface area contributed by atoms with E-state index < -0.39 is 0 Å². The van der Waals surface area contributed by atoms with Crippen LogP contribution in [0.15, 0.2) is 36.5 Å². The first-order valence-electron chi connectivity index (χ1n) is 8.48. The molecule has 4 rings (SSSR count). The summed E-state index contributed by atoms with van der Waals surface area (Å²) in [6.45, 7) is 2.75. The second kappa shape index (κ2) is 6.53. The van der Waals surface area contributed by atoms with E-state index in [4.69, 9.17) is 16.9 Å². The molecule has 128 valence electrons. The number of halogens is 2. The highest BCUT2D eigenvalue weighted by molar-refractivity contribution is 6.33. The highest BCUT2D eigenvalue weighted by Crippen LogP contribution is 2.39. The fourth-order valence-corrected chi connectivity index (χ4v) is 4.30. The first-order valence-corrected chi connectivity index (χ1v) is 8.86. The fraction of sp³-hybridized carbons (Fsp3) is 0.368. The number of nitrogens with zero attached hydrogens (tertiary/aromatic N) is 4. The van der Waals surface area contributed by atoms with Gasteiger partial charge >= 0.3 is 0 Å². The molecular formula is C19H18ClFN4. The normalized spacial score (nSPS) is 22.6. The lowest BCUT2D eigenvalue weighted by molar-refractivity contribution is 0.389. The zero-order valence-electron chi connectivity index (χ0n) is 13.7. The average Bonchev–Trinajstić information content (AvgIpc) is 3.05. The van der Waals surface area contributed by atoms with Crippen LogP contribution in [0, 0.1) is 23.1 Å². The van der Waals surface area contributed by atoms with Crippen molar-refractivity contribution in [3.63, 3.8) is 0 Å². The summed E-state index contributed by atoms with van der Waals surface area (Å²) in [5.41, 5.74) is 1.56. The first kappa shape index (κ1) is 16.2. The van der Waals surface area contributed by atoms with E-state index in [2.05, 4.69) is 20.9 Å². The lowest BCUT2D eigenvalue weighted by Crippen LogP contribution is -2.48. The van der Waals surface area contributed by atoms with E-state index in [0.717, 1.165) is 44.0 Å². The van der Waals surface area contributed by atoms with Crippen molar-refractivity contribution in [2.24, 2.45) is 5.92 Å². The van der Waals surface area contributed by atoms with Crippen molar-refractivity contribution in [2.45, 2.75) is 18.9 Å². The van der Waals surface area contributed by atoms with Gasteiger partial charge in [-0.1, -0.05) is 11.6 Å². The Labute approximate surface area is 151 Å². The van der Waals surface area contributed by atoms with E-state index in [9.17, 15) is 4.39 Å². The van der Waals surface area contributed by atoms with E-state index in [1.54, 1.807) is 12.1 Å². The standard InChI is InChI=1S/C19H18ClFN4/c20-16-9-13(10-22)1-3-17(16)25-8-6-14-5-7-24(12-18(14)25)19-4-2-15(21)11-23-19/h1-4,9,11,14,18H,5-8,12H2. The van der Waals surface area contributed by atoms with Crippen molar-refractivity contribution >= 4 is 23.1 Å². The molecule has 2 fully saturated rings. The third-order valence-corrected chi connectivity index (χ3v) is 5.59. The maximum Gasteiger partial charge on any atom is 0.141 e. The molecule has 2 aliphatic rings. The van der Waals surface area contributed by atoms with Crippen LogP contribution in [-0.4, -0.2) is 30.7 Å². The smallest absolute Gasteiger partial charge is 0.141 e. The van der Waals surface area contributed by atoms with Crippen LogP contribution in [0.4, 0.5) is 15.9 Å². The summed E-state index contributed by atoms with van der Waals surface area (Å²) in [5, 5.41) is 9.65. The molecule has 2 unspecified atom stereocenters. The van der Waals surface area contributed by atoms with Crippen molar-refractivity contribution in [3.8, 4) is 6.07 Å². The highest BCUT2D eigenvalue weighted by Gasteiger charge is 2.39. The molecule has 0 N–H and O–H groups in total. The molecule has 25 heavy (non-hydrogen) atoms. The fourth-order valence-electron chi connectivity index (χ4n) is 4.01. The van der Waals surface area contributed by atoms with Gasteiger partial charge in [0.1, 0.15) is 11.6 Å². The van der Waals surface area contributed by atoms with Crippen molar-refractivity contribution < 1.29 is 4.39 Å². The van der Waals surface area contributed by atoms with Crippen LogP contribution in [0.2, 0.25) is 5.02 Å². The molecule has 0 bridgehead atoms. The number of benzene rings is 1. The summed E-state index contributed by atoms with van der Waals surface area (Å²) in [6, 6.07) is 11.2. The minimum absolute atomic E-state index is 0.314. The highest BCUT2D eigenvalue weighted by atomic mass is 35.5. The summed E-state index contributed by atoms with van der Waals surface area (Å²) < 4.78 is 13.1. The Morgan fingerprint density at radius 1 is 1.20 bits per heavy atom. The molecule has 2 aromatic rings. The molecule has 3 heterocycles. The van der Waals surface area contributed by atoms with Gasteiger partial charge in [-0.15, -0.1) is 0 Å². The number of aromatic nitrogens is 1. The number of anilines is 2. The Morgan fingerprint density at radius 2 is 2.04 bits per heavy atom. The van der Waals surface area contributed by atoms with Gasteiger partial charge in [0.2, 0.25) is 0 Å². The number of hydrogen-bond acceptors (Lipinski definition) is 4. The van der Waals surface area contributed by atoms with Crippen LogP contribution < -0.4 is 9.80 Å². The topological polar surface area (TPSA) is 43.2 Å². The summed E-state index contributed by atoms with van der Waals surface area (Å²) in [5.74, 6) is 1.13. The van der Waals surface area contributed by atoms with Gasteiger partial charge in [-0.25, -0.2) is 9.37 Å². The molecular weight excluding hydrogens is 339 g/mol. The molecule has 2 aliphatic heterocycles.